The average molecular weight is 288 g/mol. The lowest BCUT2D eigenvalue weighted by molar-refractivity contribution is -0.138. The SMILES string of the molecule is CCC1(CC)NC(=O)C(C)N(c2ccc(C)c(C)c2)C1=O. The number of nitrogens with one attached hydrogen (secondary N) is 1. The van der Waals surface area contributed by atoms with Crippen LogP contribution in [0.4, 0.5) is 5.69 Å². The Bertz CT molecular complexity index is 576. The first-order valence-electron chi connectivity index (χ1n) is 7.59. The van der Waals surface area contributed by atoms with E-state index in [1.807, 2.05) is 45.9 Å². The van der Waals surface area contributed by atoms with Gasteiger partial charge in [-0.15, -0.1) is 0 Å². The third-order valence-corrected chi connectivity index (χ3v) is 4.73. The molecule has 21 heavy (non-hydrogen) atoms. The molecule has 0 aromatic heterocycles. The summed E-state index contributed by atoms with van der Waals surface area (Å²) in [7, 11) is 0. The Labute approximate surface area is 126 Å². The van der Waals surface area contributed by atoms with E-state index in [0.717, 1.165) is 11.3 Å². The van der Waals surface area contributed by atoms with Gasteiger partial charge >= 0.3 is 0 Å². The van der Waals surface area contributed by atoms with Crippen molar-refractivity contribution in [3.8, 4) is 0 Å². The summed E-state index contributed by atoms with van der Waals surface area (Å²) in [6, 6.07) is 5.42. The van der Waals surface area contributed by atoms with Gasteiger partial charge in [0.2, 0.25) is 5.91 Å². The van der Waals surface area contributed by atoms with Crippen LogP contribution in [0.2, 0.25) is 0 Å². The predicted octanol–water partition coefficient (Wildman–Crippen LogP) is 2.71. The Kier molecular flexibility index (Phi) is 4.08. The lowest BCUT2D eigenvalue weighted by Crippen LogP contribution is -2.69. The molecule has 1 aromatic rings. The number of carbonyl (C=O) groups excluding carboxylic acids is 2. The molecule has 0 saturated carbocycles. The molecule has 2 rings (SSSR count). The monoisotopic (exact) mass is 288 g/mol. The lowest BCUT2D eigenvalue weighted by atomic mass is 9.87. The van der Waals surface area contributed by atoms with E-state index in [4.69, 9.17) is 0 Å². The molecule has 0 aliphatic carbocycles. The summed E-state index contributed by atoms with van der Waals surface area (Å²) in [4.78, 5) is 26.9. The molecule has 1 aliphatic heterocycles. The maximum atomic E-state index is 13.0. The van der Waals surface area contributed by atoms with Crippen molar-refractivity contribution in [2.24, 2.45) is 0 Å². The first kappa shape index (κ1) is 15.5. The fourth-order valence-corrected chi connectivity index (χ4v) is 2.86. The molecule has 1 unspecified atom stereocenters. The van der Waals surface area contributed by atoms with E-state index in [0.29, 0.717) is 12.8 Å². The topological polar surface area (TPSA) is 49.4 Å². The van der Waals surface area contributed by atoms with Crippen molar-refractivity contribution in [3.63, 3.8) is 0 Å². The van der Waals surface area contributed by atoms with Crippen molar-refractivity contribution in [2.45, 2.75) is 59.0 Å². The van der Waals surface area contributed by atoms with E-state index in [9.17, 15) is 9.59 Å². The minimum absolute atomic E-state index is 0.0112. The second-order valence-corrected chi connectivity index (χ2v) is 5.90. The molecule has 1 heterocycles. The summed E-state index contributed by atoms with van der Waals surface area (Å²) < 4.78 is 0. The molecular formula is C17H24N2O2. The molecule has 4 nitrogen and oxygen atoms in total. The van der Waals surface area contributed by atoms with Gasteiger partial charge in [-0.1, -0.05) is 19.9 Å². The van der Waals surface area contributed by atoms with E-state index in [-0.39, 0.29) is 11.8 Å². The molecular weight excluding hydrogens is 264 g/mol. The van der Waals surface area contributed by atoms with Gasteiger partial charge in [0.25, 0.3) is 5.91 Å². The average Bonchev–Trinajstić information content (AvgIpc) is 2.47. The summed E-state index contributed by atoms with van der Waals surface area (Å²) in [6.07, 6.45) is 1.20. The summed E-state index contributed by atoms with van der Waals surface area (Å²) in [6.45, 7) is 9.71. The molecule has 1 aromatic carbocycles. The number of aryl methyl sites for hydroxylation is 2. The zero-order valence-electron chi connectivity index (χ0n) is 13.5. The van der Waals surface area contributed by atoms with Crippen molar-refractivity contribution in [1.82, 2.24) is 5.32 Å². The van der Waals surface area contributed by atoms with Crippen molar-refractivity contribution in [1.29, 1.82) is 0 Å². The van der Waals surface area contributed by atoms with Crippen molar-refractivity contribution < 1.29 is 9.59 Å². The largest absolute Gasteiger partial charge is 0.340 e. The maximum absolute atomic E-state index is 13.0. The highest BCUT2D eigenvalue weighted by atomic mass is 16.2. The number of hydrogen-bond donors (Lipinski definition) is 1. The number of benzene rings is 1. The smallest absolute Gasteiger partial charge is 0.253 e. The van der Waals surface area contributed by atoms with Crippen LogP contribution in [0.5, 0.6) is 0 Å². The van der Waals surface area contributed by atoms with E-state index < -0.39 is 11.6 Å². The summed E-state index contributed by atoms with van der Waals surface area (Å²) in [5.74, 6) is -0.0978. The Morgan fingerprint density at radius 3 is 2.29 bits per heavy atom. The second kappa shape index (κ2) is 5.51. The zero-order valence-corrected chi connectivity index (χ0v) is 13.5. The number of piperazine rings is 1. The van der Waals surface area contributed by atoms with Crippen LogP contribution in [0.15, 0.2) is 18.2 Å². The lowest BCUT2D eigenvalue weighted by Gasteiger charge is -2.44. The van der Waals surface area contributed by atoms with Gasteiger partial charge in [0.1, 0.15) is 11.6 Å². The van der Waals surface area contributed by atoms with E-state index in [2.05, 4.69) is 5.32 Å². The minimum Gasteiger partial charge on any atom is -0.340 e. The molecule has 2 amide bonds. The number of anilines is 1. The van der Waals surface area contributed by atoms with Gasteiger partial charge in [-0.05, 0) is 56.9 Å². The molecule has 0 radical (unpaired) electrons. The number of nitrogens with zero attached hydrogens (tertiary/aromatic N) is 1. The van der Waals surface area contributed by atoms with Crippen LogP contribution in [0.25, 0.3) is 0 Å². The van der Waals surface area contributed by atoms with Gasteiger partial charge in [-0.3, -0.25) is 14.5 Å². The van der Waals surface area contributed by atoms with Gasteiger partial charge in [0.05, 0.1) is 0 Å². The maximum Gasteiger partial charge on any atom is 0.253 e. The second-order valence-electron chi connectivity index (χ2n) is 5.90. The quantitative estimate of drug-likeness (QED) is 0.929. The molecule has 1 saturated heterocycles. The molecule has 1 N–H and O–H groups in total. The molecule has 114 valence electrons. The summed E-state index contributed by atoms with van der Waals surface area (Å²) >= 11 is 0. The third-order valence-electron chi connectivity index (χ3n) is 4.73. The molecule has 0 bridgehead atoms. The Hall–Kier alpha value is -1.84. The van der Waals surface area contributed by atoms with Gasteiger partial charge < -0.3 is 5.32 Å². The molecule has 1 atom stereocenters. The highest BCUT2D eigenvalue weighted by Crippen LogP contribution is 2.30. The van der Waals surface area contributed by atoms with Gasteiger partial charge in [-0.2, -0.15) is 0 Å². The Balaban J connectivity index is 2.50. The van der Waals surface area contributed by atoms with E-state index in [1.165, 1.54) is 5.56 Å². The van der Waals surface area contributed by atoms with Crippen LogP contribution < -0.4 is 10.2 Å². The summed E-state index contributed by atoms with van der Waals surface area (Å²) in [5.41, 5.74) is 2.33. The number of amides is 2. The van der Waals surface area contributed by atoms with Crippen LogP contribution in [0.3, 0.4) is 0 Å². The van der Waals surface area contributed by atoms with E-state index >= 15 is 0 Å². The predicted molar refractivity (Wildman–Crippen MR) is 84.3 cm³/mol. The van der Waals surface area contributed by atoms with Crippen molar-refractivity contribution >= 4 is 17.5 Å². The first-order valence-corrected chi connectivity index (χ1v) is 7.59. The first-order chi connectivity index (χ1) is 9.86. The highest BCUT2D eigenvalue weighted by molar-refractivity contribution is 6.10. The van der Waals surface area contributed by atoms with E-state index in [1.54, 1.807) is 11.8 Å². The normalized spacial score (nSPS) is 21.4. The molecule has 1 aliphatic rings. The Morgan fingerprint density at radius 1 is 1.14 bits per heavy atom. The fraction of sp³-hybridized carbons (Fsp3) is 0.529. The van der Waals surface area contributed by atoms with Crippen LogP contribution in [0.1, 0.15) is 44.7 Å². The van der Waals surface area contributed by atoms with Crippen molar-refractivity contribution in [3.05, 3.63) is 29.3 Å². The molecule has 1 fully saturated rings. The van der Waals surface area contributed by atoms with Crippen molar-refractivity contribution in [2.75, 3.05) is 4.90 Å². The van der Waals surface area contributed by atoms with Crippen LogP contribution in [-0.2, 0) is 9.59 Å². The third kappa shape index (κ3) is 2.43. The van der Waals surface area contributed by atoms with Crippen LogP contribution >= 0.6 is 0 Å². The molecule has 0 spiro atoms. The number of carbonyl (C=O) groups is 2. The fourth-order valence-electron chi connectivity index (χ4n) is 2.86. The number of hydrogen-bond acceptors (Lipinski definition) is 2. The standard InChI is InChI=1S/C17H24N2O2/c1-6-17(7-2)16(21)19(13(5)15(20)18-17)14-9-8-11(3)12(4)10-14/h8-10,13H,6-7H2,1-5H3,(H,18,20). The minimum atomic E-state index is -0.775. The highest BCUT2D eigenvalue weighted by Gasteiger charge is 2.47. The molecule has 4 heteroatoms. The summed E-state index contributed by atoms with van der Waals surface area (Å²) in [5, 5.41) is 2.92. The van der Waals surface area contributed by atoms with Gasteiger partial charge in [0, 0.05) is 5.69 Å². The van der Waals surface area contributed by atoms with Gasteiger partial charge in [-0.25, -0.2) is 0 Å². The van der Waals surface area contributed by atoms with Crippen LogP contribution in [-0.4, -0.2) is 23.4 Å². The van der Waals surface area contributed by atoms with Gasteiger partial charge in [0.15, 0.2) is 0 Å². The number of rotatable bonds is 3. The van der Waals surface area contributed by atoms with Crippen LogP contribution in [0, 0.1) is 13.8 Å². The zero-order chi connectivity index (χ0) is 15.8. The Morgan fingerprint density at radius 2 is 1.76 bits per heavy atom.